The van der Waals surface area contributed by atoms with Crippen molar-refractivity contribution in [3.05, 3.63) is 103 Å². The first-order valence-electron chi connectivity index (χ1n) is 12.9. The highest BCUT2D eigenvalue weighted by Crippen LogP contribution is 2.42. The second-order valence-electron chi connectivity index (χ2n) is 9.54. The number of benzene rings is 3. The maximum Gasteiger partial charge on any atom is 0.291 e. The van der Waals surface area contributed by atoms with Gasteiger partial charge in [-0.05, 0) is 73.7 Å². The van der Waals surface area contributed by atoms with Crippen LogP contribution in [0.3, 0.4) is 0 Å². The Hall–Kier alpha value is -3.77. The highest BCUT2D eigenvalue weighted by atomic mass is 35.5. The summed E-state index contributed by atoms with van der Waals surface area (Å²) in [6.07, 6.45) is 0.858. The lowest BCUT2D eigenvalue weighted by atomic mass is 9.96. The Morgan fingerprint density at radius 1 is 0.974 bits per heavy atom. The maximum atomic E-state index is 14.0. The van der Waals surface area contributed by atoms with E-state index >= 15 is 0 Å². The van der Waals surface area contributed by atoms with E-state index in [2.05, 4.69) is 0 Å². The molecule has 0 fully saturated rings. The molecule has 7 heteroatoms. The number of hydrogen-bond donors (Lipinski definition) is 0. The third-order valence-corrected chi connectivity index (χ3v) is 7.12. The van der Waals surface area contributed by atoms with E-state index in [0.29, 0.717) is 46.3 Å². The van der Waals surface area contributed by atoms with Gasteiger partial charge in [-0.1, -0.05) is 48.9 Å². The molecule has 0 bridgehead atoms. The van der Waals surface area contributed by atoms with Crippen LogP contribution < -0.4 is 14.9 Å². The Labute approximate surface area is 226 Å². The minimum absolute atomic E-state index is 0.0637. The van der Waals surface area contributed by atoms with Crippen molar-refractivity contribution in [2.45, 2.75) is 46.7 Å². The van der Waals surface area contributed by atoms with Crippen LogP contribution in [0.15, 0.2) is 63.8 Å². The molecule has 1 aromatic heterocycles. The fourth-order valence-corrected chi connectivity index (χ4v) is 5.32. The zero-order valence-corrected chi connectivity index (χ0v) is 22.7. The van der Waals surface area contributed by atoms with E-state index in [1.54, 1.807) is 17.0 Å². The van der Waals surface area contributed by atoms with Crippen molar-refractivity contribution in [1.82, 2.24) is 4.90 Å². The van der Waals surface area contributed by atoms with Gasteiger partial charge in [0.25, 0.3) is 5.91 Å². The Morgan fingerprint density at radius 2 is 1.76 bits per heavy atom. The van der Waals surface area contributed by atoms with Crippen LogP contribution in [-0.2, 0) is 6.54 Å². The molecule has 2 heterocycles. The van der Waals surface area contributed by atoms with Crippen molar-refractivity contribution in [2.75, 3.05) is 13.2 Å². The Bertz CT molecular complexity index is 1590. The minimum Gasteiger partial charge on any atom is -0.490 e. The summed E-state index contributed by atoms with van der Waals surface area (Å²) in [5.74, 6) is 0.895. The zero-order valence-electron chi connectivity index (χ0n) is 22.0. The smallest absolute Gasteiger partial charge is 0.291 e. The maximum absolute atomic E-state index is 14.0. The summed E-state index contributed by atoms with van der Waals surface area (Å²) in [5, 5.41) is 1.03. The van der Waals surface area contributed by atoms with Crippen LogP contribution >= 0.6 is 11.6 Å². The molecule has 1 atom stereocenters. The number of halogens is 1. The molecule has 5 rings (SSSR count). The SMILES string of the molecule is CCCOc1ccc(C2c3c(oc4cc(C)cc(C)c4c3=O)C(=O)N2Cc2ccccc2Cl)cc1OCC. The topological polar surface area (TPSA) is 69.0 Å². The van der Waals surface area contributed by atoms with Crippen LogP contribution in [0.5, 0.6) is 11.5 Å². The summed E-state index contributed by atoms with van der Waals surface area (Å²) in [6.45, 7) is 8.97. The number of fused-ring (bicyclic) bond motifs is 2. The number of carbonyl (C=O) groups excluding carboxylic acids is 1. The van der Waals surface area contributed by atoms with Crippen LogP contribution in [0.25, 0.3) is 11.0 Å². The molecule has 0 N–H and O–H groups in total. The normalized spacial score (nSPS) is 14.7. The van der Waals surface area contributed by atoms with Crippen LogP contribution in [-0.4, -0.2) is 24.0 Å². The molecule has 4 aromatic rings. The monoisotopic (exact) mass is 531 g/mol. The van der Waals surface area contributed by atoms with E-state index < -0.39 is 6.04 Å². The van der Waals surface area contributed by atoms with Crippen molar-refractivity contribution in [1.29, 1.82) is 0 Å². The van der Waals surface area contributed by atoms with Gasteiger partial charge in [-0.25, -0.2) is 0 Å². The second kappa shape index (κ2) is 10.5. The molecule has 0 aliphatic carbocycles. The standard InChI is InChI=1S/C31H30ClNO5/c1-5-13-37-23-12-11-20(16-24(23)36-6-2)28-27-29(34)26-19(4)14-18(3)15-25(26)38-30(27)31(35)33(28)17-21-9-7-8-10-22(21)32/h7-12,14-16,28H,5-6,13,17H2,1-4H3. The van der Waals surface area contributed by atoms with E-state index in [-0.39, 0.29) is 23.6 Å². The van der Waals surface area contributed by atoms with Gasteiger partial charge in [0.2, 0.25) is 5.76 Å². The molecule has 3 aromatic carbocycles. The van der Waals surface area contributed by atoms with Gasteiger partial charge in [0, 0.05) is 11.6 Å². The molecule has 0 saturated carbocycles. The van der Waals surface area contributed by atoms with Crippen LogP contribution in [0.1, 0.15) is 64.7 Å². The number of aryl methyl sites for hydroxylation is 2. The Kier molecular flexibility index (Phi) is 7.17. The van der Waals surface area contributed by atoms with Crippen molar-refractivity contribution in [3.8, 4) is 11.5 Å². The summed E-state index contributed by atoms with van der Waals surface area (Å²) in [4.78, 5) is 29.6. The van der Waals surface area contributed by atoms with Gasteiger partial charge in [0.05, 0.1) is 30.2 Å². The number of ether oxygens (including phenoxy) is 2. The average molecular weight is 532 g/mol. The van der Waals surface area contributed by atoms with Crippen molar-refractivity contribution >= 4 is 28.5 Å². The number of amides is 1. The zero-order chi connectivity index (χ0) is 27.0. The molecule has 1 aliphatic heterocycles. The predicted octanol–water partition coefficient (Wildman–Crippen LogP) is 7.00. The van der Waals surface area contributed by atoms with Crippen LogP contribution in [0, 0.1) is 13.8 Å². The summed E-state index contributed by atoms with van der Waals surface area (Å²) in [6, 6.07) is 16.0. The first-order valence-corrected chi connectivity index (χ1v) is 13.2. The van der Waals surface area contributed by atoms with Crippen molar-refractivity contribution in [2.24, 2.45) is 0 Å². The van der Waals surface area contributed by atoms with Crippen LogP contribution in [0.4, 0.5) is 0 Å². The van der Waals surface area contributed by atoms with E-state index in [4.69, 9.17) is 25.5 Å². The molecule has 1 amide bonds. The first kappa shape index (κ1) is 25.9. The van der Waals surface area contributed by atoms with Gasteiger partial charge in [0.1, 0.15) is 5.58 Å². The third-order valence-electron chi connectivity index (χ3n) is 6.76. The molecule has 0 saturated heterocycles. The minimum atomic E-state index is -0.686. The van der Waals surface area contributed by atoms with Gasteiger partial charge in [-0.15, -0.1) is 0 Å². The molecule has 1 aliphatic rings. The number of rotatable bonds is 8. The number of carbonyl (C=O) groups is 1. The van der Waals surface area contributed by atoms with E-state index in [1.807, 2.05) is 70.2 Å². The fraction of sp³-hybridized carbons (Fsp3) is 0.290. The van der Waals surface area contributed by atoms with Gasteiger partial charge in [-0.3, -0.25) is 9.59 Å². The fourth-order valence-electron chi connectivity index (χ4n) is 5.13. The van der Waals surface area contributed by atoms with Crippen LogP contribution in [0.2, 0.25) is 5.02 Å². The molecule has 196 valence electrons. The van der Waals surface area contributed by atoms with E-state index in [0.717, 1.165) is 28.7 Å². The average Bonchev–Trinajstić information content (AvgIpc) is 3.16. The van der Waals surface area contributed by atoms with E-state index in [9.17, 15) is 9.59 Å². The molecular weight excluding hydrogens is 502 g/mol. The van der Waals surface area contributed by atoms with Gasteiger partial charge in [0.15, 0.2) is 16.9 Å². The van der Waals surface area contributed by atoms with Crippen molar-refractivity contribution < 1.29 is 18.7 Å². The highest BCUT2D eigenvalue weighted by molar-refractivity contribution is 6.31. The quantitative estimate of drug-likeness (QED) is 0.245. The molecule has 0 radical (unpaired) electrons. The molecule has 38 heavy (non-hydrogen) atoms. The Balaban J connectivity index is 1.73. The van der Waals surface area contributed by atoms with Gasteiger partial charge < -0.3 is 18.8 Å². The molecule has 6 nitrogen and oxygen atoms in total. The number of nitrogens with zero attached hydrogens (tertiary/aromatic N) is 1. The summed E-state index contributed by atoms with van der Waals surface area (Å²) in [7, 11) is 0. The van der Waals surface area contributed by atoms with Crippen molar-refractivity contribution in [3.63, 3.8) is 0 Å². The highest BCUT2D eigenvalue weighted by Gasteiger charge is 2.43. The number of hydrogen-bond acceptors (Lipinski definition) is 5. The second-order valence-corrected chi connectivity index (χ2v) is 9.95. The molecule has 0 spiro atoms. The molecular formula is C31H30ClNO5. The lowest BCUT2D eigenvalue weighted by molar-refractivity contribution is 0.0714. The summed E-state index contributed by atoms with van der Waals surface area (Å²) in [5.41, 5.74) is 3.80. The molecule has 1 unspecified atom stereocenters. The van der Waals surface area contributed by atoms with E-state index in [1.165, 1.54) is 0 Å². The first-order chi connectivity index (χ1) is 18.3. The van der Waals surface area contributed by atoms with Gasteiger partial charge in [-0.2, -0.15) is 0 Å². The third kappa shape index (κ3) is 4.54. The largest absolute Gasteiger partial charge is 0.490 e. The lowest BCUT2D eigenvalue weighted by Gasteiger charge is -2.26. The summed E-state index contributed by atoms with van der Waals surface area (Å²) >= 11 is 6.49. The lowest BCUT2D eigenvalue weighted by Crippen LogP contribution is -2.29. The predicted molar refractivity (Wildman–Crippen MR) is 149 cm³/mol. The van der Waals surface area contributed by atoms with Gasteiger partial charge >= 0.3 is 0 Å². The Morgan fingerprint density at radius 3 is 2.50 bits per heavy atom. The summed E-state index contributed by atoms with van der Waals surface area (Å²) < 4.78 is 18.0.